The molecule has 1 aromatic rings. The summed E-state index contributed by atoms with van der Waals surface area (Å²) in [6, 6.07) is 8.21. The lowest BCUT2D eigenvalue weighted by Gasteiger charge is -2.23. The van der Waals surface area contributed by atoms with Crippen LogP contribution >= 0.6 is 0 Å². The van der Waals surface area contributed by atoms with E-state index in [4.69, 9.17) is 4.74 Å². The molecule has 18 heavy (non-hydrogen) atoms. The van der Waals surface area contributed by atoms with Gasteiger partial charge in [0, 0.05) is 34.6 Å². The lowest BCUT2D eigenvalue weighted by Crippen LogP contribution is -2.36. The highest BCUT2D eigenvalue weighted by molar-refractivity contribution is 5.79. The normalized spacial score (nSPS) is 16.8. The summed E-state index contributed by atoms with van der Waals surface area (Å²) in [5.74, 6) is 1.98. The van der Waals surface area contributed by atoms with Crippen molar-refractivity contribution in [2.45, 2.75) is 12.5 Å². The molecule has 1 aliphatic heterocycles. The maximum Gasteiger partial charge on any atom is 0.195 e. The van der Waals surface area contributed by atoms with E-state index in [0.29, 0.717) is 6.54 Å². The van der Waals surface area contributed by atoms with Crippen LogP contribution < -0.4 is 4.74 Å². The van der Waals surface area contributed by atoms with Crippen LogP contribution in [0.4, 0.5) is 0 Å². The summed E-state index contributed by atoms with van der Waals surface area (Å²) in [5, 5.41) is 0. The minimum absolute atomic E-state index is 0.164. The van der Waals surface area contributed by atoms with Gasteiger partial charge in [0.15, 0.2) is 5.96 Å². The van der Waals surface area contributed by atoms with E-state index < -0.39 is 0 Å². The molecule has 0 fully saturated rings. The maximum absolute atomic E-state index is 5.87. The molecular weight excluding hydrogens is 226 g/mol. The van der Waals surface area contributed by atoms with Gasteiger partial charge in [-0.2, -0.15) is 0 Å². The largest absolute Gasteiger partial charge is 0.488 e. The minimum atomic E-state index is 0.164. The molecule has 0 spiro atoms. The van der Waals surface area contributed by atoms with Crippen LogP contribution in [-0.2, 0) is 6.42 Å². The molecule has 0 radical (unpaired) electrons. The summed E-state index contributed by atoms with van der Waals surface area (Å²) >= 11 is 0. The Bertz CT molecular complexity index is 405. The standard InChI is InChI=1S/C14H21N3O/c1-16(2)14(17(3)4)15-10-12-9-11-7-5-6-8-13(11)18-12/h5-8,12H,9-10H2,1-4H3. The van der Waals surface area contributed by atoms with E-state index in [-0.39, 0.29) is 6.10 Å². The summed E-state index contributed by atoms with van der Waals surface area (Å²) in [7, 11) is 8.01. The molecule has 0 amide bonds. The SMILES string of the molecule is CN(C)C(=NCC1Cc2ccccc2O1)N(C)C. The number of nitrogens with zero attached hydrogens (tertiary/aromatic N) is 3. The summed E-state index contributed by atoms with van der Waals surface area (Å²) in [6.45, 7) is 0.695. The molecular formula is C14H21N3O. The molecule has 0 N–H and O–H groups in total. The number of aliphatic imine (C=N–C) groups is 1. The highest BCUT2D eigenvalue weighted by Gasteiger charge is 2.22. The highest BCUT2D eigenvalue weighted by Crippen LogP contribution is 2.28. The van der Waals surface area contributed by atoms with Gasteiger partial charge < -0.3 is 14.5 Å². The van der Waals surface area contributed by atoms with Crippen molar-refractivity contribution in [2.75, 3.05) is 34.7 Å². The Labute approximate surface area is 109 Å². The van der Waals surface area contributed by atoms with Gasteiger partial charge in [-0.05, 0) is 11.6 Å². The van der Waals surface area contributed by atoms with Gasteiger partial charge in [0.1, 0.15) is 11.9 Å². The predicted molar refractivity (Wildman–Crippen MR) is 74.2 cm³/mol. The first-order valence-electron chi connectivity index (χ1n) is 6.21. The second-order valence-corrected chi connectivity index (χ2v) is 4.98. The van der Waals surface area contributed by atoms with Crippen LogP contribution in [-0.4, -0.2) is 56.6 Å². The van der Waals surface area contributed by atoms with Gasteiger partial charge in [0.2, 0.25) is 0 Å². The fourth-order valence-electron chi connectivity index (χ4n) is 2.22. The first-order valence-corrected chi connectivity index (χ1v) is 6.21. The van der Waals surface area contributed by atoms with E-state index in [9.17, 15) is 0 Å². The zero-order valence-corrected chi connectivity index (χ0v) is 11.6. The van der Waals surface area contributed by atoms with E-state index in [1.807, 2.05) is 50.1 Å². The van der Waals surface area contributed by atoms with Crippen molar-refractivity contribution in [3.8, 4) is 5.75 Å². The summed E-state index contributed by atoms with van der Waals surface area (Å²) in [6.07, 6.45) is 1.12. The van der Waals surface area contributed by atoms with Gasteiger partial charge in [0.25, 0.3) is 0 Å². The molecule has 2 rings (SSSR count). The summed E-state index contributed by atoms with van der Waals surface area (Å²) in [5.41, 5.74) is 1.29. The van der Waals surface area contributed by atoms with Crippen LogP contribution in [0, 0.1) is 0 Å². The van der Waals surface area contributed by atoms with Crippen LogP contribution in [0.25, 0.3) is 0 Å². The number of benzene rings is 1. The third-order valence-electron chi connectivity index (χ3n) is 2.95. The Morgan fingerprint density at radius 2 is 1.89 bits per heavy atom. The van der Waals surface area contributed by atoms with E-state index in [2.05, 4.69) is 17.1 Å². The third-order valence-corrected chi connectivity index (χ3v) is 2.95. The van der Waals surface area contributed by atoms with Crippen molar-refractivity contribution in [1.29, 1.82) is 0 Å². The average Bonchev–Trinajstić information content (AvgIpc) is 2.70. The number of hydrogen-bond acceptors (Lipinski definition) is 2. The van der Waals surface area contributed by atoms with Gasteiger partial charge in [-0.25, -0.2) is 4.99 Å². The van der Waals surface area contributed by atoms with Crippen LogP contribution in [0.15, 0.2) is 29.3 Å². The van der Waals surface area contributed by atoms with Crippen LogP contribution in [0.5, 0.6) is 5.75 Å². The molecule has 1 aromatic carbocycles. The first kappa shape index (κ1) is 12.7. The maximum atomic E-state index is 5.87. The number of para-hydroxylation sites is 1. The van der Waals surface area contributed by atoms with Crippen molar-refractivity contribution in [1.82, 2.24) is 9.80 Å². The van der Waals surface area contributed by atoms with Crippen molar-refractivity contribution < 1.29 is 4.74 Å². The smallest absolute Gasteiger partial charge is 0.195 e. The molecule has 1 heterocycles. The quantitative estimate of drug-likeness (QED) is 0.585. The Morgan fingerprint density at radius 1 is 1.22 bits per heavy atom. The van der Waals surface area contributed by atoms with Gasteiger partial charge in [0.05, 0.1) is 6.54 Å². The molecule has 0 saturated carbocycles. The molecule has 1 aliphatic rings. The van der Waals surface area contributed by atoms with Crippen LogP contribution in [0.2, 0.25) is 0 Å². The first-order chi connectivity index (χ1) is 8.58. The Balaban J connectivity index is 1.99. The predicted octanol–water partition coefficient (Wildman–Crippen LogP) is 1.47. The Morgan fingerprint density at radius 3 is 2.50 bits per heavy atom. The second kappa shape index (κ2) is 5.29. The van der Waals surface area contributed by atoms with Crippen molar-refractivity contribution in [2.24, 2.45) is 4.99 Å². The van der Waals surface area contributed by atoms with Crippen molar-refractivity contribution >= 4 is 5.96 Å². The zero-order valence-electron chi connectivity index (χ0n) is 11.6. The molecule has 0 saturated heterocycles. The molecule has 0 aliphatic carbocycles. The van der Waals surface area contributed by atoms with E-state index in [1.165, 1.54) is 5.56 Å². The zero-order chi connectivity index (χ0) is 13.1. The lowest BCUT2D eigenvalue weighted by atomic mass is 10.1. The Hall–Kier alpha value is -1.71. The number of fused-ring (bicyclic) bond motifs is 1. The summed E-state index contributed by atoms with van der Waals surface area (Å²) in [4.78, 5) is 8.66. The topological polar surface area (TPSA) is 28.1 Å². The number of guanidine groups is 1. The highest BCUT2D eigenvalue weighted by atomic mass is 16.5. The molecule has 1 unspecified atom stereocenters. The van der Waals surface area contributed by atoms with Crippen LogP contribution in [0.1, 0.15) is 5.56 Å². The summed E-state index contributed by atoms with van der Waals surface area (Å²) < 4.78 is 5.87. The van der Waals surface area contributed by atoms with Gasteiger partial charge in [-0.15, -0.1) is 0 Å². The molecule has 1 atom stereocenters. The minimum Gasteiger partial charge on any atom is -0.488 e. The van der Waals surface area contributed by atoms with Crippen molar-refractivity contribution in [3.05, 3.63) is 29.8 Å². The van der Waals surface area contributed by atoms with Gasteiger partial charge in [-0.3, -0.25) is 0 Å². The third kappa shape index (κ3) is 2.75. The van der Waals surface area contributed by atoms with Crippen LogP contribution in [0.3, 0.4) is 0 Å². The van der Waals surface area contributed by atoms with Gasteiger partial charge >= 0.3 is 0 Å². The van der Waals surface area contributed by atoms with Crippen molar-refractivity contribution in [3.63, 3.8) is 0 Å². The average molecular weight is 247 g/mol. The lowest BCUT2D eigenvalue weighted by molar-refractivity contribution is 0.240. The van der Waals surface area contributed by atoms with E-state index >= 15 is 0 Å². The van der Waals surface area contributed by atoms with E-state index in [1.54, 1.807) is 0 Å². The number of hydrogen-bond donors (Lipinski definition) is 0. The van der Waals surface area contributed by atoms with Gasteiger partial charge in [-0.1, -0.05) is 18.2 Å². The second-order valence-electron chi connectivity index (χ2n) is 4.98. The molecule has 0 bridgehead atoms. The van der Waals surface area contributed by atoms with E-state index in [0.717, 1.165) is 18.1 Å². The fraction of sp³-hybridized carbons (Fsp3) is 0.500. The molecule has 4 nitrogen and oxygen atoms in total. The number of ether oxygens (including phenoxy) is 1. The molecule has 0 aromatic heterocycles. The molecule has 98 valence electrons. The number of rotatable bonds is 2. The Kier molecular flexibility index (Phi) is 3.75. The monoisotopic (exact) mass is 247 g/mol. The fourth-order valence-corrected chi connectivity index (χ4v) is 2.22. The molecule has 4 heteroatoms.